The predicted molar refractivity (Wildman–Crippen MR) is 156 cm³/mol. The number of halogens is 1. The Bertz CT molecular complexity index is 1470. The van der Waals surface area contributed by atoms with Crippen molar-refractivity contribution in [3.05, 3.63) is 65.1 Å². The van der Waals surface area contributed by atoms with Gasteiger partial charge in [-0.05, 0) is 60.7 Å². The summed E-state index contributed by atoms with van der Waals surface area (Å²) in [6.45, 7) is 9.93. The number of fused-ring (bicyclic) bond motifs is 2. The van der Waals surface area contributed by atoms with Gasteiger partial charge >= 0.3 is 0 Å². The number of hydrogen-bond donors (Lipinski definition) is 0. The molecule has 4 heterocycles. The van der Waals surface area contributed by atoms with Gasteiger partial charge in [0.2, 0.25) is 18.6 Å². The molecule has 1 unspecified atom stereocenters. The van der Waals surface area contributed by atoms with Crippen LogP contribution in [-0.2, 0) is 15.0 Å². The minimum absolute atomic E-state index is 0.0769. The van der Waals surface area contributed by atoms with Crippen molar-refractivity contribution in [1.29, 1.82) is 0 Å². The largest absolute Gasteiger partial charge is 0.454 e. The molecule has 10 heteroatoms. The second-order valence-electron chi connectivity index (χ2n) is 12.1. The van der Waals surface area contributed by atoms with E-state index < -0.39 is 5.41 Å². The first-order valence-corrected chi connectivity index (χ1v) is 15.1. The second kappa shape index (κ2) is 10.7. The summed E-state index contributed by atoms with van der Waals surface area (Å²) in [5.74, 6) is 2.06. The number of amides is 2. The first kappa shape index (κ1) is 27.6. The first-order chi connectivity index (χ1) is 19.6. The second-order valence-corrected chi connectivity index (χ2v) is 13.2. The maximum absolute atomic E-state index is 14.0. The third-order valence-electron chi connectivity index (χ3n) is 8.00. The highest BCUT2D eigenvalue weighted by Crippen LogP contribution is 2.50. The molecule has 1 saturated heterocycles. The Hall–Kier alpha value is -3.53. The zero-order valence-electron chi connectivity index (χ0n) is 23.9. The van der Waals surface area contributed by atoms with Gasteiger partial charge in [-0.3, -0.25) is 14.5 Å². The molecule has 0 radical (unpaired) electrons. The van der Waals surface area contributed by atoms with Crippen molar-refractivity contribution in [2.75, 3.05) is 37.1 Å². The Morgan fingerprint density at radius 1 is 1.07 bits per heavy atom. The molecule has 0 saturated carbocycles. The molecule has 1 fully saturated rings. The number of aromatic nitrogens is 2. The van der Waals surface area contributed by atoms with Crippen LogP contribution in [0.3, 0.4) is 0 Å². The molecule has 1 atom stereocenters. The van der Waals surface area contributed by atoms with Gasteiger partial charge in [0.15, 0.2) is 11.5 Å². The number of ether oxygens (including phenoxy) is 2. The lowest BCUT2D eigenvalue weighted by atomic mass is 9.87. The van der Waals surface area contributed by atoms with E-state index in [9.17, 15) is 14.0 Å². The van der Waals surface area contributed by atoms with Gasteiger partial charge in [-0.1, -0.05) is 33.8 Å². The van der Waals surface area contributed by atoms with E-state index in [1.807, 2.05) is 23.1 Å². The number of thioether (sulfide) groups is 1. The van der Waals surface area contributed by atoms with Crippen LogP contribution < -0.4 is 14.4 Å². The standard InChI is InChI=1S/C31H35FN4O4S/c1-19-11-13-34(14-12-19)25(37)16-35-26(38)17-41-28(20-5-10-23-24(15-20)40-18-39-23)27-29(31(2,3)4)33-36(30(27)35)22-8-6-21(32)7-9-22/h5-10,15,19,28H,11-14,16-18H2,1-4H3. The van der Waals surface area contributed by atoms with Gasteiger partial charge in [-0.25, -0.2) is 9.07 Å². The lowest BCUT2D eigenvalue weighted by molar-refractivity contribution is -0.132. The van der Waals surface area contributed by atoms with Gasteiger partial charge in [0, 0.05) is 24.1 Å². The van der Waals surface area contributed by atoms with Crippen molar-refractivity contribution in [3.8, 4) is 17.2 Å². The summed E-state index contributed by atoms with van der Waals surface area (Å²) in [6.07, 6.45) is 1.91. The van der Waals surface area contributed by atoms with Crippen LogP contribution in [0.4, 0.5) is 10.2 Å². The number of benzene rings is 2. The molecule has 3 aromatic rings. The van der Waals surface area contributed by atoms with E-state index in [0.29, 0.717) is 42.0 Å². The Labute approximate surface area is 243 Å². The summed E-state index contributed by atoms with van der Waals surface area (Å²) < 4.78 is 26.9. The third kappa shape index (κ3) is 5.29. The monoisotopic (exact) mass is 578 g/mol. The number of carbonyl (C=O) groups excluding carboxylic acids is 2. The normalized spacial score (nSPS) is 19.3. The van der Waals surface area contributed by atoms with Crippen molar-refractivity contribution in [2.24, 2.45) is 5.92 Å². The fourth-order valence-corrected chi connectivity index (χ4v) is 6.86. The SMILES string of the molecule is CC1CCN(C(=O)CN2C(=O)CSC(c3ccc4c(c3)OCO4)c3c(C(C)(C)C)nn(-c4ccc(F)cc4)c32)CC1. The Balaban J connectivity index is 1.52. The Morgan fingerprint density at radius 2 is 1.78 bits per heavy atom. The van der Waals surface area contributed by atoms with Crippen LogP contribution in [0.25, 0.3) is 5.69 Å². The average Bonchev–Trinajstić information content (AvgIpc) is 3.54. The van der Waals surface area contributed by atoms with Crippen molar-refractivity contribution in [1.82, 2.24) is 14.7 Å². The van der Waals surface area contributed by atoms with E-state index in [0.717, 1.165) is 29.7 Å². The number of rotatable bonds is 4. The van der Waals surface area contributed by atoms with Gasteiger partial charge in [-0.15, -0.1) is 11.8 Å². The topological polar surface area (TPSA) is 76.9 Å². The van der Waals surface area contributed by atoms with Crippen LogP contribution in [0.15, 0.2) is 42.5 Å². The number of nitrogens with zero attached hydrogens (tertiary/aromatic N) is 4. The van der Waals surface area contributed by atoms with Crippen molar-refractivity contribution in [2.45, 2.75) is 51.2 Å². The predicted octanol–water partition coefficient (Wildman–Crippen LogP) is 5.47. The molecule has 41 heavy (non-hydrogen) atoms. The summed E-state index contributed by atoms with van der Waals surface area (Å²) in [4.78, 5) is 31.0. The van der Waals surface area contributed by atoms with Crippen molar-refractivity contribution < 1.29 is 23.5 Å². The summed E-state index contributed by atoms with van der Waals surface area (Å²) >= 11 is 1.52. The summed E-state index contributed by atoms with van der Waals surface area (Å²) in [7, 11) is 0. The maximum atomic E-state index is 14.0. The molecule has 1 aromatic heterocycles. The fraction of sp³-hybridized carbons (Fsp3) is 0.452. The molecular formula is C31H35FN4O4S. The van der Waals surface area contributed by atoms with Crippen LogP contribution in [0.1, 0.15) is 62.6 Å². The van der Waals surface area contributed by atoms with E-state index in [1.165, 1.54) is 23.9 Å². The van der Waals surface area contributed by atoms with Gasteiger partial charge in [0.05, 0.1) is 22.4 Å². The smallest absolute Gasteiger partial charge is 0.242 e. The third-order valence-corrected chi connectivity index (χ3v) is 9.25. The zero-order chi connectivity index (χ0) is 28.9. The summed E-state index contributed by atoms with van der Waals surface area (Å²) in [5, 5.41) is 4.81. The van der Waals surface area contributed by atoms with Crippen molar-refractivity contribution >= 4 is 29.4 Å². The Morgan fingerprint density at radius 3 is 2.49 bits per heavy atom. The maximum Gasteiger partial charge on any atom is 0.242 e. The molecule has 3 aliphatic rings. The molecular weight excluding hydrogens is 543 g/mol. The van der Waals surface area contributed by atoms with Crippen LogP contribution >= 0.6 is 11.8 Å². The van der Waals surface area contributed by atoms with Gasteiger partial charge < -0.3 is 14.4 Å². The molecule has 0 N–H and O–H groups in total. The van der Waals surface area contributed by atoms with Crippen molar-refractivity contribution in [3.63, 3.8) is 0 Å². The van der Waals surface area contributed by atoms with Gasteiger partial charge in [0.25, 0.3) is 0 Å². The molecule has 8 nitrogen and oxygen atoms in total. The molecule has 2 aromatic carbocycles. The first-order valence-electron chi connectivity index (χ1n) is 14.1. The molecule has 0 aliphatic carbocycles. The lowest BCUT2D eigenvalue weighted by Gasteiger charge is -2.32. The van der Waals surface area contributed by atoms with Crippen LogP contribution in [0.2, 0.25) is 0 Å². The molecule has 2 amide bonds. The molecule has 3 aliphatic heterocycles. The van der Waals surface area contributed by atoms with E-state index in [2.05, 4.69) is 27.7 Å². The van der Waals surface area contributed by atoms with Crippen LogP contribution in [0.5, 0.6) is 11.5 Å². The quantitative estimate of drug-likeness (QED) is 0.409. The van der Waals surface area contributed by atoms with Gasteiger partial charge in [0.1, 0.15) is 18.2 Å². The molecule has 0 spiro atoms. The highest BCUT2D eigenvalue weighted by atomic mass is 32.2. The number of carbonyl (C=O) groups is 2. The molecule has 0 bridgehead atoms. The fourth-order valence-electron chi connectivity index (χ4n) is 5.67. The summed E-state index contributed by atoms with van der Waals surface area (Å²) in [5.41, 5.74) is 2.86. The number of piperidine rings is 1. The molecule has 6 rings (SSSR count). The number of likely N-dealkylation sites (tertiary alicyclic amines) is 1. The lowest BCUT2D eigenvalue weighted by Crippen LogP contribution is -2.46. The minimum atomic E-state index is -0.392. The minimum Gasteiger partial charge on any atom is -0.454 e. The van der Waals surface area contributed by atoms with E-state index in [4.69, 9.17) is 14.6 Å². The number of anilines is 1. The van der Waals surface area contributed by atoms with E-state index >= 15 is 0 Å². The average molecular weight is 579 g/mol. The summed E-state index contributed by atoms with van der Waals surface area (Å²) in [6, 6.07) is 11.9. The highest BCUT2D eigenvalue weighted by Gasteiger charge is 2.40. The van der Waals surface area contributed by atoms with E-state index in [1.54, 1.807) is 21.7 Å². The van der Waals surface area contributed by atoms with E-state index in [-0.39, 0.29) is 42.0 Å². The number of hydrogen-bond acceptors (Lipinski definition) is 6. The molecule has 216 valence electrons. The highest BCUT2D eigenvalue weighted by molar-refractivity contribution is 8.00. The van der Waals surface area contributed by atoms with Crippen LogP contribution in [-0.4, -0.2) is 58.7 Å². The van der Waals surface area contributed by atoms with Gasteiger partial charge in [-0.2, -0.15) is 5.10 Å². The zero-order valence-corrected chi connectivity index (χ0v) is 24.7. The van der Waals surface area contributed by atoms with Crippen LogP contribution in [0, 0.1) is 11.7 Å². The Kier molecular flexibility index (Phi) is 7.21.